The van der Waals surface area contributed by atoms with Gasteiger partial charge < -0.3 is 4.74 Å². The fourth-order valence-electron chi connectivity index (χ4n) is 2.42. The number of methoxy groups -OCH3 is 1. The van der Waals surface area contributed by atoms with Crippen molar-refractivity contribution in [2.45, 2.75) is 4.90 Å². The fourth-order valence-corrected chi connectivity index (χ4v) is 3.58. The summed E-state index contributed by atoms with van der Waals surface area (Å²) in [4.78, 5) is 27.5. The number of imide groups is 1. The van der Waals surface area contributed by atoms with E-state index in [-0.39, 0.29) is 11.8 Å². The second kappa shape index (κ2) is 6.71. The van der Waals surface area contributed by atoms with Crippen molar-refractivity contribution in [3.8, 4) is 5.75 Å². The monoisotopic (exact) mass is 359 g/mol. The maximum atomic E-state index is 12.6. The first kappa shape index (κ1) is 16.6. The molecule has 3 rings (SSSR count). The van der Waals surface area contributed by atoms with Crippen LogP contribution in [0, 0.1) is 0 Å². The highest BCUT2D eigenvalue weighted by Crippen LogP contribution is 2.41. The Morgan fingerprint density at radius 3 is 2.33 bits per heavy atom. The molecule has 2 amide bonds. The summed E-state index contributed by atoms with van der Waals surface area (Å²) >= 11 is 7.15. The van der Waals surface area contributed by atoms with E-state index in [9.17, 15) is 9.59 Å². The number of hydrogen-bond acceptors (Lipinski definition) is 4. The van der Waals surface area contributed by atoms with E-state index in [1.165, 1.54) is 25.9 Å². The molecule has 0 unspecified atom stereocenters. The van der Waals surface area contributed by atoms with Crippen molar-refractivity contribution in [1.29, 1.82) is 0 Å². The van der Waals surface area contributed by atoms with E-state index in [1.807, 2.05) is 24.3 Å². The van der Waals surface area contributed by atoms with Crippen molar-refractivity contribution < 1.29 is 14.3 Å². The van der Waals surface area contributed by atoms with Crippen molar-refractivity contribution >= 4 is 40.8 Å². The second-order valence-electron chi connectivity index (χ2n) is 5.13. The molecule has 24 heavy (non-hydrogen) atoms. The second-order valence-corrected chi connectivity index (χ2v) is 6.65. The number of hydrogen-bond donors (Lipinski definition) is 0. The van der Waals surface area contributed by atoms with E-state index in [2.05, 4.69) is 0 Å². The van der Waals surface area contributed by atoms with Gasteiger partial charge >= 0.3 is 0 Å². The molecule has 0 aromatic heterocycles. The predicted octanol–water partition coefficient (Wildman–Crippen LogP) is 3.85. The molecule has 0 aliphatic carbocycles. The number of benzene rings is 2. The van der Waals surface area contributed by atoms with Crippen LogP contribution in [0.4, 0.5) is 0 Å². The lowest BCUT2D eigenvalue weighted by atomic mass is 10.1. The number of thioether (sulfide) groups is 1. The third-order valence-electron chi connectivity index (χ3n) is 3.65. The molecule has 0 atom stereocenters. The molecule has 0 radical (unpaired) electrons. The molecule has 0 fully saturated rings. The number of carbonyl (C=O) groups excluding carboxylic acids is 2. The molecule has 2 aromatic carbocycles. The first-order chi connectivity index (χ1) is 11.5. The van der Waals surface area contributed by atoms with E-state index in [0.717, 1.165) is 9.80 Å². The molecular formula is C18H14ClNO3S. The molecule has 2 aromatic rings. The Labute approximate surface area is 149 Å². The highest BCUT2D eigenvalue weighted by molar-refractivity contribution is 8.04. The van der Waals surface area contributed by atoms with Gasteiger partial charge in [0.2, 0.25) is 0 Å². The van der Waals surface area contributed by atoms with Gasteiger partial charge in [-0.2, -0.15) is 0 Å². The highest BCUT2D eigenvalue weighted by Gasteiger charge is 2.38. The number of ether oxygens (including phenoxy) is 1. The first-order valence-electron chi connectivity index (χ1n) is 7.16. The van der Waals surface area contributed by atoms with E-state index in [4.69, 9.17) is 16.3 Å². The largest absolute Gasteiger partial charge is 0.496 e. The van der Waals surface area contributed by atoms with Crippen LogP contribution in [0.25, 0.3) is 5.57 Å². The number of halogens is 1. The van der Waals surface area contributed by atoms with Gasteiger partial charge in [-0.25, -0.2) is 0 Å². The summed E-state index contributed by atoms with van der Waals surface area (Å²) in [6.07, 6.45) is 0. The van der Waals surface area contributed by atoms with Crippen molar-refractivity contribution in [2.75, 3.05) is 14.2 Å². The van der Waals surface area contributed by atoms with E-state index in [1.54, 1.807) is 24.3 Å². The van der Waals surface area contributed by atoms with Gasteiger partial charge in [0.1, 0.15) is 5.75 Å². The molecule has 6 heteroatoms. The molecule has 0 bridgehead atoms. The lowest BCUT2D eigenvalue weighted by Crippen LogP contribution is -2.26. The number of para-hydroxylation sites is 1. The van der Waals surface area contributed by atoms with Crippen LogP contribution in [0.15, 0.2) is 58.3 Å². The summed E-state index contributed by atoms with van der Waals surface area (Å²) in [5.74, 6) is -0.0972. The Balaban J connectivity index is 2.12. The normalized spacial score (nSPS) is 14.5. The quantitative estimate of drug-likeness (QED) is 0.778. The van der Waals surface area contributed by atoms with Gasteiger partial charge in [-0.05, 0) is 30.3 Å². The Kier molecular flexibility index (Phi) is 4.64. The minimum Gasteiger partial charge on any atom is -0.496 e. The van der Waals surface area contributed by atoms with Gasteiger partial charge in [0, 0.05) is 22.5 Å². The van der Waals surface area contributed by atoms with Gasteiger partial charge in [0.15, 0.2) is 0 Å². The summed E-state index contributed by atoms with van der Waals surface area (Å²) in [7, 11) is 3.02. The Hall–Kier alpha value is -2.24. The number of carbonyl (C=O) groups is 2. The Morgan fingerprint density at radius 1 is 1.00 bits per heavy atom. The van der Waals surface area contributed by atoms with Crippen molar-refractivity contribution in [3.05, 3.63) is 64.0 Å². The van der Waals surface area contributed by atoms with Gasteiger partial charge in [-0.15, -0.1) is 0 Å². The first-order valence-corrected chi connectivity index (χ1v) is 8.36. The standard InChI is InChI=1S/C18H14ClNO3S/c1-20-17(21)15(13-5-3-4-6-14(13)23-2)16(18(20)22)24-12-9-7-11(19)8-10-12/h3-10H,1-2H3. The summed E-state index contributed by atoms with van der Waals surface area (Å²) in [5, 5.41) is 0.615. The average molecular weight is 360 g/mol. The number of nitrogens with zero attached hydrogens (tertiary/aromatic N) is 1. The molecule has 122 valence electrons. The lowest BCUT2D eigenvalue weighted by Gasteiger charge is -2.10. The third-order valence-corrected chi connectivity index (χ3v) is 5.00. The zero-order valence-electron chi connectivity index (χ0n) is 13.1. The number of rotatable bonds is 4. The summed E-state index contributed by atoms with van der Waals surface area (Å²) < 4.78 is 5.35. The lowest BCUT2D eigenvalue weighted by molar-refractivity contribution is -0.134. The average Bonchev–Trinajstić information content (AvgIpc) is 2.81. The van der Waals surface area contributed by atoms with Crippen molar-refractivity contribution in [2.24, 2.45) is 0 Å². The predicted molar refractivity (Wildman–Crippen MR) is 95.0 cm³/mol. The third kappa shape index (κ3) is 2.92. The van der Waals surface area contributed by atoms with Gasteiger partial charge in [0.25, 0.3) is 11.8 Å². The maximum Gasteiger partial charge on any atom is 0.268 e. The van der Waals surface area contributed by atoms with Gasteiger partial charge in [0.05, 0.1) is 17.6 Å². The summed E-state index contributed by atoms with van der Waals surface area (Å²) in [5.41, 5.74) is 0.971. The minimum absolute atomic E-state index is 0.319. The maximum absolute atomic E-state index is 12.6. The Morgan fingerprint density at radius 2 is 1.67 bits per heavy atom. The molecule has 0 saturated heterocycles. The molecule has 0 spiro atoms. The fraction of sp³-hybridized carbons (Fsp3) is 0.111. The smallest absolute Gasteiger partial charge is 0.268 e. The van der Waals surface area contributed by atoms with E-state index >= 15 is 0 Å². The molecule has 1 heterocycles. The van der Waals surface area contributed by atoms with Crippen LogP contribution >= 0.6 is 23.4 Å². The molecule has 0 saturated carbocycles. The van der Waals surface area contributed by atoms with Crippen LogP contribution in [0.5, 0.6) is 5.75 Å². The zero-order chi connectivity index (χ0) is 17.3. The summed E-state index contributed by atoms with van der Waals surface area (Å²) in [6, 6.07) is 14.3. The topological polar surface area (TPSA) is 46.6 Å². The van der Waals surface area contributed by atoms with Gasteiger partial charge in [-0.1, -0.05) is 41.6 Å². The SMILES string of the molecule is COc1ccccc1C1=C(Sc2ccc(Cl)cc2)C(=O)N(C)C1=O. The van der Waals surface area contributed by atoms with E-state index in [0.29, 0.717) is 26.8 Å². The van der Waals surface area contributed by atoms with Crippen LogP contribution in [0.2, 0.25) is 5.02 Å². The van der Waals surface area contributed by atoms with Crippen molar-refractivity contribution in [1.82, 2.24) is 4.90 Å². The molecule has 0 N–H and O–H groups in total. The molecule has 1 aliphatic heterocycles. The van der Waals surface area contributed by atoms with Gasteiger partial charge in [-0.3, -0.25) is 14.5 Å². The molecule has 1 aliphatic rings. The number of likely N-dealkylation sites (N-methyl/N-ethyl adjacent to an activating group) is 1. The Bertz CT molecular complexity index is 846. The van der Waals surface area contributed by atoms with Crippen LogP contribution in [-0.2, 0) is 9.59 Å². The van der Waals surface area contributed by atoms with Crippen LogP contribution in [0.1, 0.15) is 5.56 Å². The minimum atomic E-state index is -0.332. The van der Waals surface area contributed by atoms with Crippen LogP contribution in [0.3, 0.4) is 0 Å². The number of amides is 2. The highest BCUT2D eigenvalue weighted by atomic mass is 35.5. The van der Waals surface area contributed by atoms with Crippen LogP contribution in [-0.4, -0.2) is 30.9 Å². The zero-order valence-corrected chi connectivity index (χ0v) is 14.6. The van der Waals surface area contributed by atoms with E-state index < -0.39 is 0 Å². The molecular weight excluding hydrogens is 346 g/mol. The van der Waals surface area contributed by atoms with Crippen molar-refractivity contribution in [3.63, 3.8) is 0 Å². The molecule has 4 nitrogen and oxygen atoms in total. The van der Waals surface area contributed by atoms with Crippen LogP contribution < -0.4 is 4.74 Å². The summed E-state index contributed by atoms with van der Waals surface area (Å²) in [6.45, 7) is 0.